The number of methoxy groups -OCH3 is 1. The van der Waals surface area contributed by atoms with Gasteiger partial charge in [0, 0.05) is 36.1 Å². The van der Waals surface area contributed by atoms with Crippen LogP contribution in [0.2, 0.25) is 0 Å². The summed E-state index contributed by atoms with van der Waals surface area (Å²) in [6, 6.07) is 17.6. The van der Waals surface area contributed by atoms with Crippen molar-refractivity contribution < 1.29 is 14.3 Å². The first-order valence-corrected chi connectivity index (χ1v) is 10.9. The zero-order valence-corrected chi connectivity index (χ0v) is 19.0. The van der Waals surface area contributed by atoms with Gasteiger partial charge in [-0.2, -0.15) is 0 Å². The van der Waals surface area contributed by atoms with Crippen molar-refractivity contribution in [3.63, 3.8) is 0 Å². The topological polar surface area (TPSA) is 63.6 Å². The Morgan fingerprint density at radius 2 is 1.75 bits per heavy atom. The molecule has 2 amide bonds. The highest BCUT2D eigenvalue weighted by molar-refractivity contribution is 6.04. The lowest BCUT2D eigenvalue weighted by atomic mass is 10.1. The van der Waals surface area contributed by atoms with Crippen molar-refractivity contribution in [3.8, 4) is 11.4 Å². The van der Waals surface area contributed by atoms with Crippen LogP contribution in [0.3, 0.4) is 0 Å². The lowest BCUT2D eigenvalue weighted by Crippen LogP contribution is -2.28. The van der Waals surface area contributed by atoms with Crippen LogP contribution >= 0.6 is 0 Å². The van der Waals surface area contributed by atoms with E-state index in [9.17, 15) is 9.59 Å². The summed E-state index contributed by atoms with van der Waals surface area (Å²) in [6.07, 6.45) is 1.15. The third-order valence-corrected chi connectivity index (χ3v) is 6.13. The number of aryl methyl sites for hydroxylation is 3. The molecule has 1 saturated heterocycles. The van der Waals surface area contributed by atoms with Crippen LogP contribution in [0.5, 0.6) is 5.75 Å². The molecule has 2 heterocycles. The van der Waals surface area contributed by atoms with Crippen molar-refractivity contribution in [1.29, 1.82) is 0 Å². The van der Waals surface area contributed by atoms with Gasteiger partial charge in [0.2, 0.25) is 11.8 Å². The minimum atomic E-state index is -0.407. The number of carbonyl (C=O) groups is 2. The molecule has 1 aliphatic heterocycles. The molecule has 0 saturated carbocycles. The van der Waals surface area contributed by atoms with Gasteiger partial charge in [-0.1, -0.05) is 19.1 Å². The lowest BCUT2D eigenvalue weighted by Gasteiger charge is -2.19. The van der Waals surface area contributed by atoms with E-state index < -0.39 is 5.92 Å². The molecule has 1 aromatic heterocycles. The molecule has 6 heteroatoms. The van der Waals surface area contributed by atoms with Gasteiger partial charge >= 0.3 is 0 Å². The second-order valence-corrected chi connectivity index (χ2v) is 8.25. The predicted octanol–water partition coefficient (Wildman–Crippen LogP) is 4.66. The summed E-state index contributed by atoms with van der Waals surface area (Å²) in [5.74, 6) is 0.125. The Kier molecular flexibility index (Phi) is 6.04. The molecule has 1 fully saturated rings. The van der Waals surface area contributed by atoms with E-state index in [0.717, 1.165) is 29.2 Å². The second-order valence-electron chi connectivity index (χ2n) is 8.25. The molecule has 1 aliphatic rings. The van der Waals surface area contributed by atoms with Crippen LogP contribution in [0, 0.1) is 19.8 Å². The third kappa shape index (κ3) is 4.13. The highest BCUT2D eigenvalue weighted by Gasteiger charge is 2.35. The molecule has 0 spiro atoms. The number of amides is 2. The van der Waals surface area contributed by atoms with E-state index in [-0.39, 0.29) is 18.2 Å². The van der Waals surface area contributed by atoms with Crippen LogP contribution < -0.4 is 15.0 Å². The zero-order chi connectivity index (χ0) is 22.8. The highest BCUT2D eigenvalue weighted by Crippen LogP contribution is 2.31. The van der Waals surface area contributed by atoms with E-state index in [4.69, 9.17) is 4.74 Å². The summed E-state index contributed by atoms with van der Waals surface area (Å²) in [4.78, 5) is 27.5. The third-order valence-electron chi connectivity index (χ3n) is 6.13. The smallest absolute Gasteiger partial charge is 0.229 e. The Hall–Kier alpha value is -3.54. The van der Waals surface area contributed by atoms with Crippen LogP contribution in [-0.2, 0) is 16.0 Å². The first-order chi connectivity index (χ1) is 15.4. The van der Waals surface area contributed by atoms with Gasteiger partial charge in [-0.25, -0.2) is 0 Å². The molecular formula is C26H29N3O3. The molecule has 32 heavy (non-hydrogen) atoms. The summed E-state index contributed by atoms with van der Waals surface area (Å²) in [6.45, 7) is 6.52. The van der Waals surface area contributed by atoms with Gasteiger partial charge in [-0.3, -0.25) is 9.59 Å². The Morgan fingerprint density at radius 3 is 2.38 bits per heavy atom. The minimum Gasteiger partial charge on any atom is -0.497 e. The maximum atomic E-state index is 13.2. The number of hydrogen-bond acceptors (Lipinski definition) is 3. The van der Waals surface area contributed by atoms with Crippen molar-refractivity contribution >= 4 is 23.2 Å². The number of ether oxygens (including phenoxy) is 1. The summed E-state index contributed by atoms with van der Waals surface area (Å²) in [7, 11) is 1.62. The lowest BCUT2D eigenvalue weighted by molar-refractivity contribution is -0.122. The Bertz CT molecular complexity index is 1130. The van der Waals surface area contributed by atoms with E-state index in [1.165, 1.54) is 5.56 Å². The number of carbonyl (C=O) groups excluding carboxylic acids is 2. The van der Waals surface area contributed by atoms with Crippen LogP contribution in [-0.4, -0.2) is 30.0 Å². The minimum absolute atomic E-state index is 0.0264. The number of aromatic nitrogens is 1. The predicted molar refractivity (Wildman–Crippen MR) is 127 cm³/mol. The molecule has 1 N–H and O–H groups in total. The average molecular weight is 432 g/mol. The second kappa shape index (κ2) is 8.91. The summed E-state index contributed by atoms with van der Waals surface area (Å²) in [5, 5.41) is 3.06. The highest BCUT2D eigenvalue weighted by atomic mass is 16.5. The first-order valence-electron chi connectivity index (χ1n) is 10.9. The van der Waals surface area contributed by atoms with Gasteiger partial charge in [0.1, 0.15) is 5.75 Å². The summed E-state index contributed by atoms with van der Waals surface area (Å²) < 4.78 is 7.49. The van der Waals surface area contributed by atoms with Crippen molar-refractivity contribution in [2.75, 3.05) is 23.9 Å². The standard InChI is InChI=1S/C26H29N3O3/c1-5-19-8-10-21(11-9-19)28-16-20(14-25(28)30)26(31)27-23-13-12-22(32-4)15-24(23)29-17(2)6-7-18(29)3/h6-13,15,20H,5,14,16H2,1-4H3,(H,27,31)/t20-/m0/s1. The van der Waals surface area contributed by atoms with Gasteiger partial charge in [0.25, 0.3) is 0 Å². The van der Waals surface area contributed by atoms with E-state index in [1.807, 2.05) is 68.4 Å². The molecule has 2 aromatic carbocycles. The molecule has 3 aromatic rings. The molecule has 0 unspecified atom stereocenters. The molecule has 1 atom stereocenters. The van der Waals surface area contributed by atoms with E-state index in [0.29, 0.717) is 18.0 Å². The van der Waals surface area contributed by atoms with Gasteiger partial charge in [-0.05, 0) is 62.2 Å². The van der Waals surface area contributed by atoms with Crippen LogP contribution in [0.15, 0.2) is 54.6 Å². The van der Waals surface area contributed by atoms with Crippen molar-refractivity contribution in [2.24, 2.45) is 5.92 Å². The number of anilines is 2. The number of hydrogen-bond donors (Lipinski definition) is 1. The van der Waals surface area contributed by atoms with Crippen LogP contribution in [0.1, 0.15) is 30.3 Å². The zero-order valence-electron chi connectivity index (χ0n) is 19.0. The summed E-state index contributed by atoms with van der Waals surface area (Å²) in [5.41, 5.74) is 5.71. The van der Waals surface area contributed by atoms with Gasteiger partial charge in [-0.15, -0.1) is 0 Å². The maximum absolute atomic E-state index is 13.2. The summed E-state index contributed by atoms with van der Waals surface area (Å²) >= 11 is 0. The Balaban J connectivity index is 1.56. The molecule has 0 aliphatic carbocycles. The molecule has 6 nitrogen and oxygen atoms in total. The molecule has 0 bridgehead atoms. The van der Waals surface area contributed by atoms with Crippen molar-refractivity contribution in [3.05, 3.63) is 71.5 Å². The SMILES string of the molecule is CCc1ccc(N2C[C@@H](C(=O)Nc3ccc(OC)cc3-n3c(C)ccc3C)CC2=O)cc1. The maximum Gasteiger partial charge on any atom is 0.229 e. The largest absolute Gasteiger partial charge is 0.497 e. The van der Waals surface area contributed by atoms with Crippen molar-refractivity contribution in [2.45, 2.75) is 33.6 Å². The Morgan fingerprint density at radius 1 is 1.06 bits per heavy atom. The molecule has 0 radical (unpaired) electrons. The average Bonchev–Trinajstić information content (AvgIpc) is 3.36. The normalized spacial score (nSPS) is 15.8. The fourth-order valence-corrected chi connectivity index (χ4v) is 4.26. The Labute approximate surface area is 188 Å². The van der Waals surface area contributed by atoms with Gasteiger partial charge in [0.05, 0.1) is 24.4 Å². The van der Waals surface area contributed by atoms with Crippen LogP contribution in [0.25, 0.3) is 5.69 Å². The van der Waals surface area contributed by atoms with Gasteiger partial charge < -0.3 is 19.5 Å². The quantitative estimate of drug-likeness (QED) is 0.618. The van der Waals surface area contributed by atoms with E-state index in [1.54, 1.807) is 12.0 Å². The van der Waals surface area contributed by atoms with E-state index >= 15 is 0 Å². The van der Waals surface area contributed by atoms with Crippen molar-refractivity contribution in [1.82, 2.24) is 4.57 Å². The van der Waals surface area contributed by atoms with Gasteiger partial charge in [0.15, 0.2) is 0 Å². The number of nitrogens with one attached hydrogen (secondary N) is 1. The van der Waals surface area contributed by atoms with E-state index in [2.05, 4.69) is 16.8 Å². The monoisotopic (exact) mass is 431 g/mol. The fraction of sp³-hybridized carbons (Fsp3) is 0.308. The molecular weight excluding hydrogens is 402 g/mol. The fourth-order valence-electron chi connectivity index (χ4n) is 4.26. The number of benzene rings is 2. The molecule has 166 valence electrons. The number of nitrogens with zero attached hydrogens (tertiary/aromatic N) is 2. The van der Waals surface area contributed by atoms with Crippen LogP contribution in [0.4, 0.5) is 11.4 Å². The number of rotatable bonds is 6. The first kappa shape index (κ1) is 21.7. The molecule has 4 rings (SSSR count).